The van der Waals surface area contributed by atoms with E-state index < -0.39 is 4.84 Å². The lowest BCUT2D eigenvalue weighted by Crippen LogP contribution is -2.14. The molecule has 0 saturated heterocycles. The average Bonchev–Trinajstić information content (AvgIpc) is 2.41. The molecule has 0 aliphatic heterocycles. The van der Waals surface area contributed by atoms with E-state index in [4.69, 9.17) is 23.2 Å². The smallest absolute Gasteiger partial charge is 0.212 e. The summed E-state index contributed by atoms with van der Waals surface area (Å²) in [5.74, 6) is -0.290. The first-order chi connectivity index (χ1) is 6.49. The van der Waals surface area contributed by atoms with Gasteiger partial charge in [-0.05, 0) is 44.8 Å². The van der Waals surface area contributed by atoms with Crippen LogP contribution in [0.5, 0.6) is 0 Å². The van der Waals surface area contributed by atoms with Gasteiger partial charge in [0.25, 0.3) is 0 Å². The topological polar surface area (TPSA) is 22.0 Å². The summed E-state index contributed by atoms with van der Waals surface area (Å²) in [4.78, 5) is 10.5. The van der Waals surface area contributed by atoms with Gasteiger partial charge in [-0.1, -0.05) is 23.2 Å². The van der Waals surface area contributed by atoms with Crippen LogP contribution in [0.3, 0.4) is 0 Å². The molecule has 0 saturated carbocycles. The van der Waals surface area contributed by atoms with Crippen molar-refractivity contribution < 1.29 is 4.79 Å². The average molecular weight is 364 g/mol. The van der Waals surface area contributed by atoms with Crippen LogP contribution in [0.1, 0.15) is 17.4 Å². The molecule has 0 unspecified atom stereocenters. The number of alkyl halides is 2. The number of aromatic nitrogens is 1. The fraction of sp³-hybridized carbons (Fsp3) is 0.375. The molecule has 1 heterocycles. The molecule has 0 fully saturated rings. The van der Waals surface area contributed by atoms with Crippen LogP contribution < -0.4 is 0 Å². The van der Waals surface area contributed by atoms with Crippen LogP contribution in [0.2, 0.25) is 0 Å². The molecule has 0 aromatic carbocycles. The van der Waals surface area contributed by atoms with E-state index >= 15 is 0 Å². The molecule has 6 heteroatoms. The molecular formula is C8H7Br2Cl2NO. The fourth-order valence-electron chi connectivity index (χ4n) is 1.12. The summed E-state index contributed by atoms with van der Waals surface area (Å²) in [5.41, 5.74) is 0.501. The van der Waals surface area contributed by atoms with Gasteiger partial charge in [0.05, 0.1) is 14.8 Å². The minimum atomic E-state index is -1.02. The highest BCUT2D eigenvalue weighted by Crippen LogP contribution is 2.28. The summed E-state index contributed by atoms with van der Waals surface area (Å²) in [5, 5.41) is 0. The standard InChI is InChI=1S/C8H7Br2Cl2NO/c1-2-13-5(6(14)8(11)12)3-4(9)7(13)10/h3,8H,2H2,1H3. The molecule has 1 rings (SSSR count). The third-order valence-electron chi connectivity index (χ3n) is 1.76. The summed E-state index contributed by atoms with van der Waals surface area (Å²) in [6.07, 6.45) is 0. The number of carbonyl (C=O) groups is 1. The second-order valence-electron chi connectivity index (χ2n) is 2.58. The van der Waals surface area contributed by atoms with E-state index in [9.17, 15) is 4.79 Å². The molecule has 0 radical (unpaired) electrons. The number of hydrogen-bond donors (Lipinski definition) is 0. The van der Waals surface area contributed by atoms with Gasteiger partial charge >= 0.3 is 0 Å². The summed E-state index contributed by atoms with van der Waals surface area (Å²) < 4.78 is 3.43. The molecule has 0 N–H and O–H groups in total. The van der Waals surface area contributed by atoms with Crippen LogP contribution in [0.15, 0.2) is 15.1 Å². The zero-order valence-electron chi connectivity index (χ0n) is 7.23. The van der Waals surface area contributed by atoms with Crippen molar-refractivity contribution >= 4 is 60.8 Å². The lowest BCUT2D eigenvalue weighted by atomic mass is 10.3. The van der Waals surface area contributed by atoms with Crippen molar-refractivity contribution in [2.75, 3.05) is 0 Å². The van der Waals surface area contributed by atoms with E-state index in [-0.39, 0.29) is 5.78 Å². The Morgan fingerprint density at radius 2 is 2.14 bits per heavy atom. The van der Waals surface area contributed by atoms with Crippen molar-refractivity contribution in [1.29, 1.82) is 0 Å². The van der Waals surface area contributed by atoms with Crippen molar-refractivity contribution in [3.05, 3.63) is 20.8 Å². The first-order valence-electron chi connectivity index (χ1n) is 3.86. The van der Waals surface area contributed by atoms with E-state index in [1.807, 2.05) is 6.92 Å². The number of carbonyl (C=O) groups excluding carboxylic acids is 1. The van der Waals surface area contributed by atoms with E-state index in [1.54, 1.807) is 10.6 Å². The van der Waals surface area contributed by atoms with Gasteiger partial charge < -0.3 is 4.57 Å². The Labute approximate surface area is 109 Å². The zero-order chi connectivity index (χ0) is 10.9. The monoisotopic (exact) mass is 361 g/mol. The maximum Gasteiger partial charge on any atom is 0.212 e. The van der Waals surface area contributed by atoms with Crippen LogP contribution in [-0.2, 0) is 6.54 Å². The molecular weight excluding hydrogens is 357 g/mol. The number of halogens is 4. The van der Waals surface area contributed by atoms with Crippen molar-refractivity contribution in [2.45, 2.75) is 18.3 Å². The van der Waals surface area contributed by atoms with Crippen molar-refractivity contribution in [1.82, 2.24) is 4.57 Å². The van der Waals surface area contributed by atoms with Crippen molar-refractivity contribution in [3.8, 4) is 0 Å². The van der Waals surface area contributed by atoms with Gasteiger partial charge in [0, 0.05) is 6.54 Å². The third-order valence-corrected chi connectivity index (χ3v) is 4.14. The summed E-state index contributed by atoms with van der Waals surface area (Å²) >= 11 is 17.7. The molecule has 0 atom stereocenters. The number of rotatable bonds is 3. The maximum absolute atomic E-state index is 11.6. The van der Waals surface area contributed by atoms with Gasteiger partial charge in [0.1, 0.15) is 0 Å². The highest BCUT2D eigenvalue weighted by Gasteiger charge is 2.21. The van der Waals surface area contributed by atoms with Gasteiger partial charge in [0.2, 0.25) is 5.78 Å². The highest BCUT2D eigenvalue weighted by molar-refractivity contribution is 9.13. The Balaban J connectivity index is 3.21. The molecule has 78 valence electrons. The van der Waals surface area contributed by atoms with Gasteiger partial charge in [-0.3, -0.25) is 4.79 Å². The quantitative estimate of drug-likeness (QED) is 0.587. The van der Waals surface area contributed by atoms with Crippen LogP contribution in [0.4, 0.5) is 0 Å². The predicted molar refractivity (Wildman–Crippen MR) is 65.3 cm³/mol. The number of hydrogen-bond acceptors (Lipinski definition) is 1. The Morgan fingerprint density at radius 3 is 2.57 bits per heavy atom. The van der Waals surface area contributed by atoms with Gasteiger partial charge in [-0.2, -0.15) is 0 Å². The first kappa shape index (κ1) is 12.6. The second-order valence-corrected chi connectivity index (χ2v) is 5.28. The van der Waals surface area contributed by atoms with E-state index in [0.717, 1.165) is 9.08 Å². The largest absolute Gasteiger partial charge is 0.332 e. The van der Waals surface area contributed by atoms with Crippen LogP contribution in [0, 0.1) is 0 Å². The predicted octanol–water partition coefficient (Wildman–Crippen LogP) is 4.02. The Kier molecular flexibility index (Phi) is 4.50. The van der Waals surface area contributed by atoms with Crippen molar-refractivity contribution in [3.63, 3.8) is 0 Å². The number of nitrogens with zero attached hydrogens (tertiary/aromatic N) is 1. The Bertz CT molecular complexity index is 362. The molecule has 0 aliphatic rings. The highest BCUT2D eigenvalue weighted by atomic mass is 79.9. The van der Waals surface area contributed by atoms with Crippen molar-refractivity contribution in [2.24, 2.45) is 0 Å². The molecule has 0 amide bonds. The molecule has 1 aromatic heterocycles. The lowest BCUT2D eigenvalue weighted by Gasteiger charge is -2.06. The number of ketones is 1. The minimum Gasteiger partial charge on any atom is -0.332 e. The van der Waals surface area contributed by atoms with Gasteiger partial charge in [0.15, 0.2) is 4.84 Å². The minimum absolute atomic E-state index is 0.290. The SMILES string of the molecule is CCn1c(C(=O)C(Cl)Cl)cc(Br)c1Br. The van der Waals surface area contributed by atoms with E-state index in [1.165, 1.54) is 0 Å². The molecule has 1 aromatic rings. The Morgan fingerprint density at radius 1 is 1.57 bits per heavy atom. The van der Waals surface area contributed by atoms with E-state index in [2.05, 4.69) is 31.9 Å². The second kappa shape index (κ2) is 5.01. The number of Topliss-reactive ketones (excluding diaryl/α,β-unsaturated/α-hetero) is 1. The lowest BCUT2D eigenvalue weighted by molar-refractivity contribution is 0.0998. The van der Waals surface area contributed by atoms with Crippen LogP contribution >= 0.6 is 55.1 Å². The zero-order valence-corrected chi connectivity index (χ0v) is 11.9. The molecule has 2 nitrogen and oxygen atoms in total. The van der Waals surface area contributed by atoms with E-state index in [0.29, 0.717) is 12.2 Å². The van der Waals surface area contributed by atoms with Crippen LogP contribution in [-0.4, -0.2) is 15.2 Å². The third kappa shape index (κ3) is 2.35. The van der Waals surface area contributed by atoms with Gasteiger partial charge in [-0.25, -0.2) is 0 Å². The maximum atomic E-state index is 11.6. The fourth-order valence-corrected chi connectivity index (χ4v) is 2.33. The Hall–Kier alpha value is 0.490. The normalized spacial score (nSPS) is 11.0. The molecule has 0 spiro atoms. The molecule has 0 aliphatic carbocycles. The van der Waals surface area contributed by atoms with Crippen LogP contribution in [0.25, 0.3) is 0 Å². The van der Waals surface area contributed by atoms with Gasteiger partial charge in [-0.15, -0.1) is 0 Å². The summed E-state index contributed by atoms with van der Waals surface area (Å²) in [7, 11) is 0. The molecule has 14 heavy (non-hydrogen) atoms. The molecule has 0 bridgehead atoms. The summed E-state index contributed by atoms with van der Waals surface area (Å²) in [6.45, 7) is 2.61. The summed E-state index contributed by atoms with van der Waals surface area (Å²) in [6, 6.07) is 1.70. The first-order valence-corrected chi connectivity index (χ1v) is 6.31.